The molecule has 0 unspecified atom stereocenters. The highest BCUT2D eigenvalue weighted by molar-refractivity contribution is 7.01. The minimum Gasteiger partial charge on any atom is -0.0626 e. The van der Waals surface area contributed by atoms with Gasteiger partial charge in [-0.15, -0.1) is 0 Å². The summed E-state index contributed by atoms with van der Waals surface area (Å²) in [7, 11) is -1.57. The summed E-state index contributed by atoms with van der Waals surface area (Å²) < 4.78 is 0. The van der Waals surface area contributed by atoms with Gasteiger partial charge in [-0.3, -0.25) is 0 Å². The molecule has 0 bridgehead atoms. The first-order chi connectivity index (χ1) is 9.27. The van der Waals surface area contributed by atoms with Gasteiger partial charge in [-0.25, -0.2) is 0 Å². The van der Waals surface area contributed by atoms with E-state index in [1.165, 1.54) is 18.9 Å². The third-order valence-corrected chi connectivity index (χ3v) is 8.57. The number of rotatable bonds is 6. The highest BCUT2D eigenvalue weighted by Crippen LogP contribution is 2.15. The van der Waals surface area contributed by atoms with Crippen molar-refractivity contribution in [2.45, 2.75) is 31.9 Å². The van der Waals surface area contributed by atoms with E-state index in [1.54, 1.807) is 10.4 Å². The summed E-state index contributed by atoms with van der Waals surface area (Å²) in [4.78, 5) is 0. The van der Waals surface area contributed by atoms with E-state index in [4.69, 9.17) is 0 Å². The van der Waals surface area contributed by atoms with Gasteiger partial charge in [0.2, 0.25) is 0 Å². The zero-order chi connectivity index (χ0) is 13.6. The maximum atomic E-state index is 3.97. The Kier molecular flexibility index (Phi) is 4.98. The van der Waals surface area contributed by atoms with Crippen molar-refractivity contribution in [3.05, 3.63) is 67.6 Å². The third kappa shape index (κ3) is 3.36. The van der Waals surface area contributed by atoms with Crippen LogP contribution in [0.3, 0.4) is 0 Å². The largest absolute Gasteiger partial charge is 0.115 e. The average molecular weight is 267 g/mol. The van der Waals surface area contributed by atoms with Crippen molar-refractivity contribution in [3.63, 3.8) is 0 Å². The Morgan fingerprint density at radius 2 is 1.26 bits per heavy atom. The molecule has 0 N–H and O–H groups in total. The highest BCUT2D eigenvalue weighted by atomic mass is 28.3. The molecule has 2 aromatic rings. The van der Waals surface area contributed by atoms with E-state index in [-0.39, 0.29) is 0 Å². The van der Waals surface area contributed by atoms with E-state index in [1.807, 2.05) is 0 Å². The monoisotopic (exact) mass is 267 g/mol. The summed E-state index contributed by atoms with van der Waals surface area (Å²) in [5, 5.41) is 3.09. The van der Waals surface area contributed by atoms with Crippen molar-refractivity contribution in [1.82, 2.24) is 0 Å². The van der Waals surface area contributed by atoms with Gasteiger partial charge in [-0.05, 0) is 6.04 Å². The molecule has 0 heterocycles. The Labute approximate surface area is 118 Å². The number of hydrogen-bond acceptors (Lipinski definition) is 0. The van der Waals surface area contributed by atoms with Crippen molar-refractivity contribution in [2.75, 3.05) is 0 Å². The van der Waals surface area contributed by atoms with Crippen LogP contribution in [0.2, 0.25) is 12.6 Å². The maximum Gasteiger partial charge on any atom is 0.115 e. The van der Waals surface area contributed by atoms with Crippen LogP contribution < -0.4 is 10.4 Å². The summed E-state index contributed by atoms with van der Waals surface area (Å²) in [6.45, 7) is 6.47. The Morgan fingerprint density at radius 1 is 0.789 bits per heavy atom. The van der Waals surface area contributed by atoms with Crippen LogP contribution in [0.25, 0.3) is 0 Å². The van der Waals surface area contributed by atoms with Crippen LogP contribution in [0.5, 0.6) is 0 Å². The molecule has 0 saturated heterocycles. The van der Waals surface area contributed by atoms with Gasteiger partial charge in [0.1, 0.15) is 8.07 Å². The van der Waals surface area contributed by atoms with Gasteiger partial charge >= 0.3 is 0 Å². The van der Waals surface area contributed by atoms with E-state index >= 15 is 0 Å². The standard InChI is InChI=1S/C18H23Si/c1-3-4-11-16-19(2,17-12-7-5-8-13-17)18-14-9-6-10-15-18/h5-10,12-15H,1,3-4,11,16H2,2H3. The lowest BCUT2D eigenvalue weighted by Gasteiger charge is -2.28. The first-order valence-electron chi connectivity index (χ1n) is 7.17. The average Bonchev–Trinajstić information content (AvgIpc) is 2.49. The molecule has 0 aromatic heterocycles. The van der Waals surface area contributed by atoms with Crippen LogP contribution in [0.4, 0.5) is 0 Å². The second-order valence-corrected chi connectivity index (χ2v) is 9.69. The molecule has 1 heteroatoms. The Hall–Kier alpha value is -1.34. The zero-order valence-corrected chi connectivity index (χ0v) is 12.8. The van der Waals surface area contributed by atoms with E-state index < -0.39 is 8.07 Å². The Balaban J connectivity index is 2.33. The molecular formula is C18H23Si. The minimum absolute atomic E-state index is 1.05. The molecule has 0 saturated carbocycles. The molecule has 19 heavy (non-hydrogen) atoms. The molecule has 1 radical (unpaired) electrons. The third-order valence-electron chi connectivity index (χ3n) is 4.00. The van der Waals surface area contributed by atoms with E-state index in [0.717, 1.165) is 6.42 Å². The van der Waals surface area contributed by atoms with E-state index in [2.05, 4.69) is 74.1 Å². The summed E-state index contributed by atoms with van der Waals surface area (Å²) in [5.41, 5.74) is 0. The van der Waals surface area contributed by atoms with Gasteiger partial charge < -0.3 is 0 Å². The molecule has 0 nitrogen and oxygen atoms in total. The molecule has 0 aliphatic carbocycles. The lowest BCUT2D eigenvalue weighted by Crippen LogP contribution is -2.55. The van der Waals surface area contributed by atoms with Crippen molar-refractivity contribution < 1.29 is 0 Å². The Bertz CT molecular complexity index is 436. The summed E-state index contributed by atoms with van der Waals surface area (Å²) in [6, 6.07) is 23.5. The molecule has 0 amide bonds. The second kappa shape index (κ2) is 6.72. The molecule has 0 fully saturated rings. The predicted molar refractivity (Wildman–Crippen MR) is 87.8 cm³/mol. The minimum atomic E-state index is -1.57. The van der Waals surface area contributed by atoms with Gasteiger partial charge in [0.05, 0.1) is 0 Å². The molecule has 2 rings (SSSR count). The van der Waals surface area contributed by atoms with E-state index in [9.17, 15) is 0 Å². The summed E-state index contributed by atoms with van der Waals surface area (Å²) in [6.07, 6.45) is 3.58. The van der Waals surface area contributed by atoms with Crippen LogP contribution in [0.15, 0.2) is 60.7 Å². The quantitative estimate of drug-likeness (QED) is 0.550. The lowest BCUT2D eigenvalue weighted by atomic mass is 10.3. The van der Waals surface area contributed by atoms with Crippen molar-refractivity contribution in [2.24, 2.45) is 0 Å². The van der Waals surface area contributed by atoms with Gasteiger partial charge in [0.25, 0.3) is 0 Å². The first-order valence-corrected chi connectivity index (χ1v) is 9.88. The zero-order valence-electron chi connectivity index (χ0n) is 11.8. The van der Waals surface area contributed by atoms with Gasteiger partial charge in [0.15, 0.2) is 0 Å². The first kappa shape index (κ1) is 14.1. The molecule has 99 valence electrons. The van der Waals surface area contributed by atoms with E-state index in [0.29, 0.717) is 0 Å². The molecule has 2 aromatic carbocycles. The molecule has 0 atom stereocenters. The Morgan fingerprint density at radius 3 is 1.68 bits per heavy atom. The van der Waals surface area contributed by atoms with Gasteiger partial charge in [-0.1, -0.05) is 104 Å². The topological polar surface area (TPSA) is 0 Å². The summed E-state index contributed by atoms with van der Waals surface area (Å²) >= 11 is 0. The van der Waals surface area contributed by atoms with Crippen LogP contribution in [0.1, 0.15) is 19.3 Å². The molecule has 0 aliphatic rings. The normalized spacial score (nSPS) is 11.5. The summed E-state index contributed by atoms with van der Waals surface area (Å²) in [5.74, 6) is 0. The van der Waals surface area contributed by atoms with Gasteiger partial charge in [-0.2, -0.15) is 0 Å². The maximum absolute atomic E-state index is 3.97. The van der Waals surface area contributed by atoms with Gasteiger partial charge in [0, 0.05) is 0 Å². The highest BCUT2D eigenvalue weighted by Gasteiger charge is 2.30. The van der Waals surface area contributed by atoms with Crippen LogP contribution in [-0.2, 0) is 0 Å². The van der Waals surface area contributed by atoms with Crippen molar-refractivity contribution in [1.29, 1.82) is 0 Å². The molecular weight excluding hydrogens is 244 g/mol. The van der Waals surface area contributed by atoms with Crippen molar-refractivity contribution in [3.8, 4) is 0 Å². The molecule has 0 spiro atoms. The second-order valence-electron chi connectivity index (χ2n) is 5.37. The van der Waals surface area contributed by atoms with Crippen molar-refractivity contribution >= 4 is 18.4 Å². The van der Waals surface area contributed by atoms with Crippen LogP contribution in [-0.4, -0.2) is 8.07 Å². The lowest BCUT2D eigenvalue weighted by molar-refractivity contribution is 0.804. The molecule has 0 aliphatic heterocycles. The number of hydrogen-bond donors (Lipinski definition) is 0. The fourth-order valence-electron chi connectivity index (χ4n) is 2.72. The van der Waals surface area contributed by atoms with Crippen LogP contribution in [0, 0.1) is 6.92 Å². The number of benzene rings is 2. The smallest absolute Gasteiger partial charge is 0.0626 e. The fourth-order valence-corrected chi connectivity index (χ4v) is 6.45. The predicted octanol–water partition coefficient (Wildman–Crippen LogP) is 3.88. The fraction of sp³-hybridized carbons (Fsp3) is 0.278. The SMILES string of the molecule is [CH2]CCCC[Si](C)(c1ccccc1)c1ccccc1. The number of unbranched alkanes of at least 4 members (excludes halogenated alkanes) is 2. The van der Waals surface area contributed by atoms with Crippen LogP contribution >= 0.6 is 0 Å².